The standard InChI is InChI=1S/C20H20N2O2/c1-13-9-10-14(2)17(11-13)12-22-18(20(23)24)15(3)21-19(22)16-7-5-4-6-8-16/h4-11H,12H2,1-3H3,(H,23,24). The van der Waals surface area contributed by atoms with Gasteiger partial charge in [-0.2, -0.15) is 0 Å². The van der Waals surface area contributed by atoms with Crippen molar-refractivity contribution >= 4 is 5.97 Å². The molecule has 0 spiro atoms. The molecule has 0 amide bonds. The van der Waals surface area contributed by atoms with Crippen LogP contribution in [-0.4, -0.2) is 20.6 Å². The van der Waals surface area contributed by atoms with E-state index in [-0.39, 0.29) is 5.69 Å². The van der Waals surface area contributed by atoms with E-state index < -0.39 is 5.97 Å². The normalized spacial score (nSPS) is 10.8. The first-order chi connectivity index (χ1) is 11.5. The van der Waals surface area contributed by atoms with E-state index in [4.69, 9.17) is 0 Å². The molecule has 0 saturated heterocycles. The van der Waals surface area contributed by atoms with Crippen LogP contribution in [0.25, 0.3) is 11.4 Å². The van der Waals surface area contributed by atoms with Gasteiger partial charge in [0.05, 0.1) is 12.2 Å². The molecule has 24 heavy (non-hydrogen) atoms. The molecular formula is C20H20N2O2. The van der Waals surface area contributed by atoms with Crippen LogP contribution in [0.5, 0.6) is 0 Å². The summed E-state index contributed by atoms with van der Waals surface area (Å²) >= 11 is 0. The van der Waals surface area contributed by atoms with Gasteiger partial charge in [0, 0.05) is 5.56 Å². The Bertz CT molecular complexity index is 896. The van der Waals surface area contributed by atoms with E-state index in [0.717, 1.165) is 22.3 Å². The fraction of sp³-hybridized carbons (Fsp3) is 0.200. The molecule has 0 saturated carbocycles. The summed E-state index contributed by atoms with van der Waals surface area (Å²) in [6.07, 6.45) is 0. The second kappa shape index (κ2) is 6.32. The van der Waals surface area contributed by atoms with Gasteiger partial charge in [-0.1, -0.05) is 54.1 Å². The average molecular weight is 320 g/mol. The predicted molar refractivity (Wildman–Crippen MR) is 94.4 cm³/mol. The minimum atomic E-state index is -0.951. The fourth-order valence-corrected chi connectivity index (χ4v) is 2.95. The van der Waals surface area contributed by atoms with Gasteiger partial charge in [-0.15, -0.1) is 0 Å². The van der Waals surface area contributed by atoms with Crippen LogP contribution in [0, 0.1) is 20.8 Å². The molecule has 0 bridgehead atoms. The number of aromatic nitrogens is 2. The van der Waals surface area contributed by atoms with Gasteiger partial charge >= 0.3 is 5.97 Å². The number of carbonyl (C=O) groups is 1. The first kappa shape index (κ1) is 16.0. The number of carboxylic acid groups (broad SMARTS) is 1. The Morgan fingerprint density at radius 2 is 1.79 bits per heavy atom. The summed E-state index contributed by atoms with van der Waals surface area (Å²) in [6.45, 7) is 6.31. The van der Waals surface area contributed by atoms with Crippen molar-refractivity contribution in [3.63, 3.8) is 0 Å². The van der Waals surface area contributed by atoms with Crippen molar-refractivity contribution in [1.82, 2.24) is 9.55 Å². The number of hydrogen-bond donors (Lipinski definition) is 1. The smallest absolute Gasteiger partial charge is 0.354 e. The molecule has 0 fully saturated rings. The average Bonchev–Trinajstić information content (AvgIpc) is 2.88. The molecule has 0 aliphatic carbocycles. The third kappa shape index (κ3) is 2.95. The predicted octanol–water partition coefficient (Wildman–Crippen LogP) is 4.22. The molecule has 1 aromatic heterocycles. The van der Waals surface area contributed by atoms with Crippen molar-refractivity contribution in [2.45, 2.75) is 27.3 Å². The highest BCUT2D eigenvalue weighted by Crippen LogP contribution is 2.25. The van der Waals surface area contributed by atoms with Crippen molar-refractivity contribution < 1.29 is 9.90 Å². The van der Waals surface area contributed by atoms with Crippen molar-refractivity contribution in [3.05, 3.63) is 76.6 Å². The van der Waals surface area contributed by atoms with Crippen molar-refractivity contribution in [2.75, 3.05) is 0 Å². The topological polar surface area (TPSA) is 55.1 Å². The Morgan fingerprint density at radius 3 is 2.46 bits per heavy atom. The lowest BCUT2D eigenvalue weighted by Gasteiger charge is -2.13. The maximum absolute atomic E-state index is 11.8. The van der Waals surface area contributed by atoms with Crippen molar-refractivity contribution in [2.24, 2.45) is 0 Å². The van der Waals surface area contributed by atoms with Gasteiger partial charge in [-0.05, 0) is 31.9 Å². The summed E-state index contributed by atoms with van der Waals surface area (Å²) in [4.78, 5) is 16.3. The van der Waals surface area contributed by atoms with Gasteiger partial charge in [-0.3, -0.25) is 0 Å². The number of rotatable bonds is 4. The summed E-state index contributed by atoms with van der Waals surface area (Å²) in [6, 6.07) is 15.9. The van der Waals surface area contributed by atoms with E-state index >= 15 is 0 Å². The number of hydrogen-bond acceptors (Lipinski definition) is 2. The monoisotopic (exact) mass is 320 g/mol. The molecule has 0 radical (unpaired) electrons. The highest BCUT2D eigenvalue weighted by molar-refractivity contribution is 5.88. The Labute approximate surface area is 141 Å². The van der Waals surface area contributed by atoms with Gasteiger partial charge in [-0.25, -0.2) is 9.78 Å². The molecule has 1 N–H and O–H groups in total. The first-order valence-electron chi connectivity index (χ1n) is 7.89. The molecule has 3 aromatic rings. The molecule has 0 atom stereocenters. The summed E-state index contributed by atoms with van der Waals surface area (Å²) < 4.78 is 1.80. The lowest BCUT2D eigenvalue weighted by Crippen LogP contribution is -2.12. The highest BCUT2D eigenvalue weighted by Gasteiger charge is 2.21. The third-order valence-corrected chi connectivity index (χ3v) is 4.21. The fourth-order valence-electron chi connectivity index (χ4n) is 2.95. The molecule has 0 aliphatic heterocycles. The second-order valence-electron chi connectivity index (χ2n) is 6.06. The van der Waals surface area contributed by atoms with Gasteiger partial charge in [0.1, 0.15) is 5.82 Å². The zero-order chi connectivity index (χ0) is 17.3. The lowest BCUT2D eigenvalue weighted by atomic mass is 10.1. The number of aryl methyl sites for hydroxylation is 3. The summed E-state index contributed by atoms with van der Waals surface area (Å²) in [5.41, 5.74) is 5.10. The van der Waals surface area contributed by atoms with Gasteiger partial charge < -0.3 is 9.67 Å². The van der Waals surface area contributed by atoms with Crippen LogP contribution in [0.15, 0.2) is 48.5 Å². The first-order valence-corrected chi connectivity index (χ1v) is 7.89. The maximum atomic E-state index is 11.8. The summed E-state index contributed by atoms with van der Waals surface area (Å²) in [5, 5.41) is 9.65. The minimum Gasteiger partial charge on any atom is -0.477 e. The maximum Gasteiger partial charge on any atom is 0.354 e. The largest absolute Gasteiger partial charge is 0.477 e. The van der Waals surface area contributed by atoms with Crippen LogP contribution in [0.2, 0.25) is 0 Å². The SMILES string of the molecule is Cc1ccc(C)c(Cn2c(-c3ccccc3)nc(C)c2C(=O)O)c1. The van der Waals surface area contributed by atoms with E-state index in [2.05, 4.69) is 23.2 Å². The van der Waals surface area contributed by atoms with Crippen LogP contribution < -0.4 is 0 Å². The zero-order valence-corrected chi connectivity index (χ0v) is 14.1. The molecule has 2 aromatic carbocycles. The highest BCUT2D eigenvalue weighted by atomic mass is 16.4. The molecule has 0 aliphatic rings. The van der Waals surface area contributed by atoms with Crippen LogP contribution >= 0.6 is 0 Å². The minimum absolute atomic E-state index is 0.245. The van der Waals surface area contributed by atoms with E-state index in [9.17, 15) is 9.90 Å². The Kier molecular flexibility index (Phi) is 4.21. The summed E-state index contributed by atoms with van der Waals surface area (Å²) in [5.74, 6) is -0.265. The van der Waals surface area contributed by atoms with Gasteiger partial charge in [0.15, 0.2) is 5.69 Å². The quantitative estimate of drug-likeness (QED) is 0.783. The molecule has 4 nitrogen and oxygen atoms in total. The van der Waals surface area contributed by atoms with E-state index in [1.807, 2.05) is 44.2 Å². The van der Waals surface area contributed by atoms with Crippen LogP contribution in [-0.2, 0) is 6.54 Å². The number of imidazole rings is 1. The number of aromatic carboxylic acids is 1. The van der Waals surface area contributed by atoms with E-state index in [0.29, 0.717) is 18.1 Å². The van der Waals surface area contributed by atoms with E-state index in [1.54, 1.807) is 11.5 Å². The zero-order valence-electron chi connectivity index (χ0n) is 14.1. The number of carboxylic acids is 1. The van der Waals surface area contributed by atoms with Gasteiger partial charge in [0.2, 0.25) is 0 Å². The van der Waals surface area contributed by atoms with Crippen LogP contribution in [0.4, 0.5) is 0 Å². The molecule has 122 valence electrons. The molecule has 3 rings (SSSR count). The molecule has 0 unspecified atom stereocenters. The number of nitrogens with zero attached hydrogens (tertiary/aromatic N) is 2. The molecular weight excluding hydrogens is 300 g/mol. The van der Waals surface area contributed by atoms with Crippen molar-refractivity contribution in [3.8, 4) is 11.4 Å². The van der Waals surface area contributed by atoms with Gasteiger partial charge in [0.25, 0.3) is 0 Å². The summed E-state index contributed by atoms with van der Waals surface area (Å²) in [7, 11) is 0. The lowest BCUT2D eigenvalue weighted by molar-refractivity contribution is 0.0685. The Morgan fingerprint density at radius 1 is 1.08 bits per heavy atom. The molecule has 4 heteroatoms. The van der Waals surface area contributed by atoms with E-state index in [1.165, 1.54) is 0 Å². The third-order valence-electron chi connectivity index (χ3n) is 4.21. The van der Waals surface area contributed by atoms with Crippen molar-refractivity contribution in [1.29, 1.82) is 0 Å². The second-order valence-corrected chi connectivity index (χ2v) is 6.06. The van der Waals surface area contributed by atoms with Crippen LogP contribution in [0.3, 0.4) is 0 Å². The molecule has 1 heterocycles. The Hall–Kier alpha value is -2.88. The number of benzene rings is 2. The van der Waals surface area contributed by atoms with Crippen LogP contribution in [0.1, 0.15) is 32.9 Å². The Balaban J connectivity index is 2.18.